The molecular weight excluding hydrogens is 96.1 g/mol. The van der Waals surface area contributed by atoms with Gasteiger partial charge < -0.3 is 0 Å². The van der Waals surface area contributed by atoms with E-state index in [1.165, 1.54) is 32.1 Å². The number of hydrogen-bond donors (Lipinski definition) is 0. The first-order chi connectivity index (χ1) is 3.93. The van der Waals surface area contributed by atoms with Gasteiger partial charge in [0.25, 0.3) is 0 Å². The summed E-state index contributed by atoms with van der Waals surface area (Å²) in [6, 6.07) is 0. The molecule has 1 rings (SSSR count). The summed E-state index contributed by atoms with van der Waals surface area (Å²) in [5.74, 6) is 1.05. The lowest BCUT2D eigenvalue weighted by Crippen LogP contribution is -1.89. The van der Waals surface area contributed by atoms with E-state index in [0.717, 1.165) is 12.3 Å². The van der Waals surface area contributed by atoms with E-state index in [1.807, 2.05) is 0 Å². The molecule has 0 spiro atoms. The summed E-state index contributed by atoms with van der Waals surface area (Å²) in [6.45, 7) is 3.85. The molecule has 0 aromatic heterocycles. The molecule has 0 heterocycles. The van der Waals surface area contributed by atoms with Gasteiger partial charge in [0.1, 0.15) is 0 Å². The zero-order valence-corrected chi connectivity index (χ0v) is 5.53. The molecular formula is C8H15. The van der Waals surface area contributed by atoms with Crippen LogP contribution in [0.4, 0.5) is 0 Å². The molecule has 0 nitrogen and oxygen atoms in total. The molecule has 0 saturated heterocycles. The van der Waals surface area contributed by atoms with Crippen LogP contribution in [-0.4, -0.2) is 0 Å². The molecule has 0 atom stereocenters. The molecule has 0 amide bonds. The van der Waals surface area contributed by atoms with Crippen molar-refractivity contribution in [1.82, 2.24) is 0 Å². The van der Waals surface area contributed by atoms with Crippen molar-refractivity contribution in [2.45, 2.75) is 38.5 Å². The van der Waals surface area contributed by atoms with Crippen LogP contribution in [0.15, 0.2) is 0 Å². The van der Waals surface area contributed by atoms with Crippen molar-refractivity contribution in [3.63, 3.8) is 0 Å². The summed E-state index contributed by atoms with van der Waals surface area (Å²) < 4.78 is 0. The maximum absolute atomic E-state index is 3.85. The Bertz CT molecular complexity index is 51.1. The minimum atomic E-state index is 1.05. The van der Waals surface area contributed by atoms with E-state index in [4.69, 9.17) is 0 Å². The van der Waals surface area contributed by atoms with Crippen LogP contribution in [0.25, 0.3) is 0 Å². The van der Waals surface area contributed by atoms with Gasteiger partial charge in [-0.25, -0.2) is 0 Å². The monoisotopic (exact) mass is 111 g/mol. The summed E-state index contributed by atoms with van der Waals surface area (Å²) in [4.78, 5) is 0. The van der Waals surface area contributed by atoms with Gasteiger partial charge in [-0.3, -0.25) is 0 Å². The summed E-state index contributed by atoms with van der Waals surface area (Å²) in [7, 11) is 0. The van der Waals surface area contributed by atoms with Gasteiger partial charge in [-0.15, -0.1) is 0 Å². The molecule has 0 unspecified atom stereocenters. The SMILES string of the molecule is [CH2]CCC1CCCC1. The van der Waals surface area contributed by atoms with Crippen molar-refractivity contribution >= 4 is 0 Å². The molecule has 0 N–H and O–H groups in total. The fraction of sp³-hybridized carbons (Fsp3) is 0.875. The highest BCUT2D eigenvalue weighted by molar-refractivity contribution is 4.66. The van der Waals surface area contributed by atoms with Gasteiger partial charge in [0, 0.05) is 0 Å². The van der Waals surface area contributed by atoms with Crippen molar-refractivity contribution in [3.05, 3.63) is 6.92 Å². The van der Waals surface area contributed by atoms with Gasteiger partial charge >= 0.3 is 0 Å². The van der Waals surface area contributed by atoms with Gasteiger partial charge in [0.05, 0.1) is 0 Å². The topological polar surface area (TPSA) is 0 Å². The standard InChI is InChI=1S/C8H15/c1-2-5-8-6-3-4-7-8/h8H,1-7H2. The molecule has 47 valence electrons. The highest BCUT2D eigenvalue weighted by Crippen LogP contribution is 2.27. The first kappa shape index (κ1) is 6.12. The summed E-state index contributed by atoms with van der Waals surface area (Å²) >= 11 is 0. The molecule has 0 heteroatoms. The molecule has 1 saturated carbocycles. The van der Waals surface area contributed by atoms with Gasteiger partial charge in [0.15, 0.2) is 0 Å². The smallest absolute Gasteiger partial charge is 0.0414 e. The third kappa shape index (κ3) is 1.50. The fourth-order valence-electron chi connectivity index (χ4n) is 1.59. The maximum atomic E-state index is 3.85. The van der Waals surface area contributed by atoms with E-state index in [2.05, 4.69) is 6.92 Å². The van der Waals surface area contributed by atoms with E-state index in [0.29, 0.717) is 0 Å². The zero-order chi connectivity index (χ0) is 5.82. The van der Waals surface area contributed by atoms with Gasteiger partial charge in [-0.1, -0.05) is 45.4 Å². The number of rotatable bonds is 2. The average Bonchev–Trinajstić information content (AvgIpc) is 2.19. The second-order valence-corrected chi connectivity index (χ2v) is 2.79. The van der Waals surface area contributed by atoms with Crippen LogP contribution in [0, 0.1) is 12.8 Å². The van der Waals surface area contributed by atoms with E-state index in [9.17, 15) is 0 Å². The van der Waals surface area contributed by atoms with Gasteiger partial charge in [-0.2, -0.15) is 0 Å². The normalized spacial score (nSPS) is 22.1. The molecule has 0 aromatic carbocycles. The Hall–Kier alpha value is 0. The van der Waals surface area contributed by atoms with Crippen LogP contribution in [0.2, 0.25) is 0 Å². The molecule has 1 radical (unpaired) electrons. The van der Waals surface area contributed by atoms with Crippen LogP contribution in [0.5, 0.6) is 0 Å². The van der Waals surface area contributed by atoms with Crippen LogP contribution < -0.4 is 0 Å². The predicted molar refractivity (Wildman–Crippen MR) is 36.5 cm³/mol. The predicted octanol–water partition coefficient (Wildman–Crippen LogP) is 2.79. The second-order valence-electron chi connectivity index (χ2n) is 2.79. The van der Waals surface area contributed by atoms with Gasteiger partial charge in [-0.05, 0) is 5.92 Å². The Morgan fingerprint density at radius 1 is 1.25 bits per heavy atom. The summed E-state index contributed by atoms with van der Waals surface area (Å²) in [6.07, 6.45) is 8.44. The summed E-state index contributed by atoms with van der Waals surface area (Å²) in [5, 5.41) is 0. The van der Waals surface area contributed by atoms with Crippen LogP contribution in [-0.2, 0) is 0 Å². The van der Waals surface area contributed by atoms with Crippen molar-refractivity contribution in [2.75, 3.05) is 0 Å². The largest absolute Gasteiger partial charge is 0.0533 e. The van der Waals surface area contributed by atoms with Crippen molar-refractivity contribution in [1.29, 1.82) is 0 Å². The third-order valence-electron chi connectivity index (χ3n) is 2.09. The molecule has 0 aliphatic heterocycles. The highest BCUT2D eigenvalue weighted by atomic mass is 14.2. The molecule has 1 aliphatic carbocycles. The first-order valence-electron chi connectivity index (χ1n) is 3.72. The Kier molecular flexibility index (Phi) is 2.38. The van der Waals surface area contributed by atoms with Crippen LogP contribution in [0.3, 0.4) is 0 Å². The van der Waals surface area contributed by atoms with E-state index >= 15 is 0 Å². The minimum Gasteiger partial charge on any atom is -0.0533 e. The molecule has 1 aliphatic rings. The van der Waals surface area contributed by atoms with E-state index in [1.54, 1.807) is 0 Å². The Morgan fingerprint density at radius 2 is 1.88 bits per heavy atom. The highest BCUT2D eigenvalue weighted by Gasteiger charge is 2.12. The quantitative estimate of drug-likeness (QED) is 0.514. The zero-order valence-electron chi connectivity index (χ0n) is 5.53. The fourth-order valence-corrected chi connectivity index (χ4v) is 1.59. The Morgan fingerprint density at radius 3 is 2.38 bits per heavy atom. The van der Waals surface area contributed by atoms with Gasteiger partial charge in [0.2, 0.25) is 0 Å². The second kappa shape index (κ2) is 3.11. The Labute approximate surface area is 52.3 Å². The van der Waals surface area contributed by atoms with E-state index < -0.39 is 0 Å². The first-order valence-corrected chi connectivity index (χ1v) is 3.72. The number of hydrogen-bond acceptors (Lipinski definition) is 0. The lowest BCUT2D eigenvalue weighted by Gasteiger charge is -2.03. The van der Waals surface area contributed by atoms with Crippen molar-refractivity contribution in [3.8, 4) is 0 Å². The summed E-state index contributed by atoms with van der Waals surface area (Å²) in [5.41, 5.74) is 0. The molecule has 0 bridgehead atoms. The maximum Gasteiger partial charge on any atom is -0.0414 e. The Balaban J connectivity index is 2.06. The third-order valence-corrected chi connectivity index (χ3v) is 2.09. The lowest BCUT2D eigenvalue weighted by molar-refractivity contribution is 0.508. The van der Waals surface area contributed by atoms with E-state index in [-0.39, 0.29) is 0 Å². The molecule has 1 fully saturated rings. The minimum absolute atomic E-state index is 1.05. The molecule has 8 heavy (non-hydrogen) atoms. The van der Waals surface area contributed by atoms with Crippen molar-refractivity contribution in [2.24, 2.45) is 5.92 Å². The molecule has 0 aromatic rings. The lowest BCUT2D eigenvalue weighted by atomic mass is 10.0. The van der Waals surface area contributed by atoms with Crippen molar-refractivity contribution < 1.29 is 0 Å². The average molecular weight is 111 g/mol. The van der Waals surface area contributed by atoms with Crippen LogP contribution >= 0.6 is 0 Å². The van der Waals surface area contributed by atoms with Crippen LogP contribution in [0.1, 0.15) is 38.5 Å².